The maximum Gasteiger partial charge on any atom is 0.327 e. The molecule has 0 aromatic heterocycles. The maximum atomic E-state index is 11.8. The Kier molecular flexibility index (Phi) is 3.68. The van der Waals surface area contributed by atoms with Gasteiger partial charge in [0.1, 0.15) is 5.54 Å². The lowest BCUT2D eigenvalue weighted by molar-refractivity contribution is -0.149. The first kappa shape index (κ1) is 13.1. The minimum Gasteiger partial charge on any atom is -0.465 e. The molecule has 4 heteroatoms. The molecule has 1 aromatic rings. The molecule has 1 atom stereocenters. The Morgan fingerprint density at radius 3 is 2.44 bits per heavy atom. The van der Waals surface area contributed by atoms with E-state index in [-0.39, 0.29) is 5.97 Å². The SMILES string of the molecule is CCOC(=O)C(C)(N)CN1Cc2ccccc2C1. The molecule has 18 heavy (non-hydrogen) atoms. The molecular weight excluding hydrogens is 228 g/mol. The molecule has 0 saturated heterocycles. The molecule has 0 saturated carbocycles. The van der Waals surface area contributed by atoms with Crippen molar-refractivity contribution in [1.29, 1.82) is 0 Å². The molecule has 1 heterocycles. The van der Waals surface area contributed by atoms with Crippen molar-refractivity contribution in [1.82, 2.24) is 4.90 Å². The molecular formula is C14H20N2O2. The summed E-state index contributed by atoms with van der Waals surface area (Å²) >= 11 is 0. The highest BCUT2D eigenvalue weighted by Gasteiger charge is 2.34. The fourth-order valence-corrected chi connectivity index (χ4v) is 2.34. The van der Waals surface area contributed by atoms with E-state index in [4.69, 9.17) is 10.5 Å². The first-order chi connectivity index (χ1) is 8.53. The van der Waals surface area contributed by atoms with Crippen LogP contribution < -0.4 is 5.73 Å². The molecule has 0 radical (unpaired) electrons. The van der Waals surface area contributed by atoms with E-state index < -0.39 is 5.54 Å². The van der Waals surface area contributed by atoms with E-state index in [1.807, 2.05) is 12.1 Å². The molecule has 98 valence electrons. The fraction of sp³-hybridized carbons (Fsp3) is 0.500. The number of carbonyl (C=O) groups is 1. The summed E-state index contributed by atoms with van der Waals surface area (Å²) in [6.07, 6.45) is 0. The molecule has 0 spiro atoms. The Bertz CT molecular complexity index is 418. The molecule has 4 nitrogen and oxygen atoms in total. The zero-order chi connectivity index (χ0) is 13.2. The van der Waals surface area contributed by atoms with Crippen LogP contribution in [0.3, 0.4) is 0 Å². The number of nitrogens with zero attached hydrogens (tertiary/aromatic N) is 1. The van der Waals surface area contributed by atoms with Crippen LogP contribution in [0, 0.1) is 0 Å². The second kappa shape index (κ2) is 5.08. The predicted molar refractivity (Wildman–Crippen MR) is 69.8 cm³/mol. The monoisotopic (exact) mass is 248 g/mol. The molecule has 0 aliphatic carbocycles. The second-order valence-electron chi connectivity index (χ2n) is 5.05. The lowest BCUT2D eigenvalue weighted by Gasteiger charge is -2.27. The van der Waals surface area contributed by atoms with Gasteiger partial charge in [-0.3, -0.25) is 9.69 Å². The molecule has 1 aliphatic rings. The van der Waals surface area contributed by atoms with Gasteiger partial charge in [0.25, 0.3) is 0 Å². The van der Waals surface area contributed by atoms with Crippen molar-refractivity contribution < 1.29 is 9.53 Å². The van der Waals surface area contributed by atoms with Gasteiger partial charge < -0.3 is 10.5 Å². The van der Waals surface area contributed by atoms with E-state index in [0.29, 0.717) is 13.2 Å². The summed E-state index contributed by atoms with van der Waals surface area (Å²) in [7, 11) is 0. The Morgan fingerprint density at radius 2 is 1.94 bits per heavy atom. The largest absolute Gasteiger partial charge is 0.465 e. The van der Waals surface area contributed by atoms with E-state index in [1.165, 1.54) is 11.1 Å². The topological polar surface area (TPSA) is 55.6 Å². The number of benzene rings is 1. The summed E-state index contributed by atoms with van der Waals surface area (Å²) in [5.74, 6) is -0.332. The molecule has 2 rings (SSSR count). The number of nitrogens with two attached hydrogens (primary N) is 1. The molecule has 1 aliphatic heterocycles. The van der Waals surface area contributed by atoms with Crippen molar-refractivity contribution in [2.24, 2.45) is 5.73 Å². The Hall–Kier alpha value is -1.39. The van der Waals surface area contributed by atoms with Crippen molar-refractivity contribution in [3.63, 3.8) is 0 Å². The molecule has 1 aromatic carbocycles. The van der Waals surface area contributed by atoms with Gasteiger partial charge in [0.15, 0.2) is 0 Å². The summed E-state index contributed by atoms with van der Waals surface area (Å²) in [5.41, 5.74) is 7.73. The van der Waals surface area contributed by atoms with Crippen molar-refractivity contribution >= 4 is 5.97 Å². The third-order valence-electron chi connectivity index (χ3n) is 3.20. The number of rotatable bonds is 4. The highest BCUT2D eigenvalue weighted by Crippen LogP contribution is 2.23. The van der Waals surface area contributed by atoms with Gasteiger partial charge in [0, 0.05) is 19.6 Å². The van der Waals surface area contributed by atoms with Gasteiger partial charge >= 0.3 is 5.97 Å². The fourth-order valence-electron chi connectivity index (χ4n) is 2.34. The highest BCUT2D eigenvalue weighted by atomic mass is 16.5. The third kappa shape index (κ3) is 2.71. The standard InChI is InChI=1S/C14H20N2O2/c1-3-18-13(17)14(2,15)10-16-8-11-6-4-5-7-12(11)9-16/h4-7H,3,8-10,15H2,1-2H3. The highest BCUT2D eigenvalue weighted by molar-refractivity contribution is 5.80. The predicted octanol–water partition coefficient (Wildman–Crippen LogP) is 1.28. The van der Waals surface area contributed by atoms with Crippen LogP contribution >= 0.6 is 0 Å². The minimum atomic E-state index is -0.946. The van der Waals surface area contributed by atoms with Crippen LogP contribution in [0.4, 0.5) is 0 Å². The second-order valence-corrected chi connectivity index (χ2v) is 5.05. The van der Waals surface area contributed by atoms with E-state index in [2.05, 4.69) is 17.0 Å². The van der Waals surface area contributed by atoms with E-state index in [1.54, 1.807) is 13.8 Å². The molecule has 0 amide bonds. The van der Waals surface area contributed by atoms with Crippen LogP contribution in [0.1, 0.15) is 25.0 Å². The van der Waals surface area contributed by atoms with Crippen molar-refractivity contribution in [3.8, 4) is 0 Å². The Labute approximate surface area is 108 Å². The maximum absolute atomic E-state index is 11.8. The Balaban J connectivity index is 1.98. The van der Waals surface area contributed by atoms with Gasteiger partial charge in [-0.05, 0) is 25.0 Å². The quantitative estimate of drug-likeness (QED) is 0.816. The lowest BCUT2D eigenvalue weighted by atomic mass is 10.0. The summed E-state index contributed by atoms with van der Waals surface area (Å²) in [6.45, 7) is 6.10. The van der Waals surface area contributed by atoms with Gasteiger partial charge in [-0.15, -0.1) is 0 Å². The Morgan fingerprint density at radius 1 is 1.39 bits per heavy atom. The van der Waals surface area contributed by atoms with E-state index in [9.17, 15) is 4.79 Å². The van der Waals surface area contributed by atoms with Gasteiger partial charge in [0.05, 0.1) is 6.61 Å². The number of fused-ring (bicyclic) bond motifs is 1. The molecule has 0 bridgehead atoms. The van der Waals surface area contributed by atoms with E-state index >= 15 is 0 Å². The lowest BCUT2D eigenvalue weighted by Crippen LogP contribution is -2.53. The van der Waals surface area contributed by atoms with Crippen molar-refractivity contribution in [2.45, 2.75) is 32.5 Å². The summed E-state index contributed by atoms with van der Waals surface area (Å²) in [6, 6.07) is 8.31. The number of hydrogen-bond donors (Lipinski definition) is 1. The first-order valence-corrected chi connectivity index (χ1v) is 6.28. The number of hydrogen-bond acceptors (Lipinski definition) is 4. The zero-order valence-electron chi connectivity index (χ0n) is 11.0. The van der Waals surface area contributed by atoms with Crippen LogP contribution in [-0.2, 0) is 22.6 Å². The number of ether oxygens (including phenoxy) is 1. The van der Waals surface area contributed by atoms with Crippen molar-refractivity contribution in [3.05, 3.63) is 35.4 Å². The van der Waals surface area contributed by atoms with Crippen LogP contribution in [0.5, 0.6) is 0 Å². The average Bonchev–Trinajstić information content (AvgIpc) is 2.70. The number of carbonyl (C=O) groups excluding carboxylic acids is 1. The average molecular weight is 248 g/mol. The van der Waals surface area contributed by atoms with Crippen LogP contribution in [0.25, 0.3) is 0 Å². The van der Waals surface area contributed by atoms with Crippen LogP contribution in [0.2, 0.25) is 0 Å². The summed E-state index contributed by atoms with van der Waals surface area (Å²) < 4.78 is 5.00. The van der Waals surface area contributed by atoms with Gasteiger partial charge in [0.2, 0.25) is 0 Å². The first-order valence-electron chi connectivity index (χ1n) is 6.28. The molecule has 0 fully saturated rings. The summed E-state index contributed by atoms with van der Waals surface area (Å²) in [5, 5.41) is 0. The molecule has 1 unspecified atom stereocenters. The normalized spacial score (nSPS) is 18.2. The smallest absolute Gasteiger partial charge is 0.327 e. The number of esters is 1. The van der Waals surface area contributed by atoms with E-state index in [0.717, 1.165) is 13.1 Å². The molecule has 2 N–H and O–H groups in total. The summed E-state index contributed by atoms with van der Waals surface area (Å²) in [4.78, 5) is 13.9. The van der Waals surface area contributed by atoms with Crippen LogP contribution in [-0.4, -0.2) is 29.6 Å². The van der Waals surface area contributed by atoms with Gasteiger partial charge in [-0.1, -0.05) is 24.3 Å². The zero-order valence-corrected chi connectivity index (χ0v) is 11.0. The minimum absolute atomic E-state index is 0.332. The van der Waals surface area contributed by atoms with Gasteiger partial charge in [-0.25, -0.2) is 0 Å². The van der Waals surface area contributed by atoms with Crippen molar-refractivity contribution in [2.75, 3.05) is 13.2 Å². The third-order valence-corrected chi connectivity index (χ3v) is 3.20. The van der Waals surface area contributed by atoms with Crippen LogP contribution in [0.15, 0.2) is 24.3 Å². The van der Waals surface area contributed by atoms with Gasteiger partial charge in [-0.2, -0.15) is 0 Å².